The van der Waals surface area contributed by atoms with Gasteiger partial charge in [0.1, 0.15) is 17.4 Å². The number of nitriles is 1. The molecular weight excluding hydrogens is 392 g/mol. The predicted octanol–water partition coefficient (Wildman–Crippen LogP) is 4.29. The lowest BCUT2D eigenvalue weighted by Gasteiger charge is -2.38. The number of methoxy groups -OCH3 is 1. The van der Waals surface area contributed by atoms with E-state index in [2.05, 4.69) is 24.0 Å². The summed E-state index contributed by atoms with van der Waals surface area (Å²) in [5.74, 6) is -0.249. The summed E-state index contributed by atoms with van der Waals surface area (Å²) in [7, 11) is 1.64. The number of fused-ring (bicyclic) bond motifs is 2. The number of carboxylic acids is 1. The maximum absolute atomic E-state index is 11.2. The molecule has 1 aliphatic carbocycles. The summed E-state index contributed by atoms with van der Waals surface area (Å²) in [6.45, 7) is 7.42. The molecule has 2 aliphatic heterocycles. The van der Waals surface area contributed by atoms with E-state index in [1.165, 1.54) is 0 Å². The van der Waals surface area contributed by atoms with Crippen LogP contribution in [0.4, 0.5) is 0 Å². The Labute approximate surface area is 182 Å². The Morgan fingerprint density at radius 2 is 2.06 bits per heavy atom. The first-order chi connectivity index (χ1) is 14.8. The lowest BCUT2D eigenvalue weighted by molar-refractivity contribution is 0.00139. The molecule has 0 spiro atoms. The third-order valence-corrected chi connectivity index (χ3v) is 6.33. The van der Waals surface area contributed by atoms with Crippen LogP contribution in [0, 0.1) is 11.3 Å². The predicted molar refractivity (Wildman–Crippen MR) is 117 cm³/mol. The summed E-state index contributed by atoms with van der Waals surface area (Å²) in [6.07, 6.45) is 4.98. The van der Waals surface area contributed by atoms with Gasteiger partial charge in [-0.25, -0.2) is 4.79 Å². The number of rotatable bonds is 5. The fourth-order valence-corrected chi connectivity index (χ4v) is 4.91. The minimum atomic E-state index is -0.963. The molecule has 0 radical (unpaired) electrons. The standard InChI is InChI=1S/C25H26N2O4/c1-5-31-25(3)13-18-10-11-27-15(2)22(16-6-8-17(9-7-16)24(28)29)20(14-26)23(27)19(18)12-21(25)30-4/h6-9,12-13,15H,5,10-11H2,1-4H3,(H,28,29). The number of benzene rings is 1. The van der Waals surface area contributed by atoms with E-state index in [0.29, 0.717) is 17.9 Å². The smallest absolute Gasteiger partial charge is 0.335 e. The maximum Gasteiger partial charge on any atom is 0.335 e. The molecule has 160 valence electrons. The normalized spacial score (nSPS) is 24.9. The van der Waals surface area contributed by atoms with E-state index in [4.69, 9.17) is 9.47 Å². The third-order valence-electron chi connectivity index (χ3n) is 6.33. The van der Waals surface area contributed by atoms with Crippen molar-refractivity contribution in [1.82, 2.24) is 4.90 Å². The zero-order valence-corrected chi connectivity index (χ0v) is 18.2. The molecule has 0 fully saturated rings. The highest BCUT2D eigenvalue weighted by Crippen LogP contribution is 2.47. The van der Waals surface area contributed by atoms with Crippen LogP contribution in [0.2, 0.25) is 0 Å². The van der Waals surface area contributed by atoms with Crippen molar-refractivity contribution in [1.29, 1.82) is 5.26 Å². The van der Waals surface area contributed by atoms with Gasteiger partial charge in [0.25, 0.3) is 0 Å². The van der Waals surface area contributed by atoms with E-state index >= 15 is 0 Å². The van der Waals surface area contributed by atoms with Crippen molar-refractivity contribution in [2.24, 2.45) is 0 Å². The maximum atomic E-state index is 11.2. The van der Waals surface area contributed by atoms with Crippen molar-refractivity contribution in [2.45, 2.75) is 38.8 Å². The molecule has 0 saturated heterocycles. The second-order valence-electron chi connectivity index (χ2n) is 8.09. The lowest BCUT2D eigenvalue weighted by atomic mass is 9.83. The highest BCUT2D eigenvalue weighted by molar-refractivity contribution is 5.89. The second-order valence-corrected chi connectivity index (χ2v) is 8.09. The van der Waals surface area contributed by atoms with E-state index in [1.807, 2.05) is 19.9 Å². The Kier molecular flexibility index (Phi) is 5.24. The van der Waals surface area contributed by atoms with Crippen molar-refractivity contribution in [3.63, 3.8) is 0 Å². The fourth-order valence-electron chi connectivity index (χ4n) is 4.91. The van der Waals surface area contributed by atoms with Gasteiger partial charge in [0, 0.05) is 24.3 Å². The third kappa shape index (κ3) is 3.26. The number of aromatic carboxylic acids is 1. The van der Waals surface area contributed by atoms with Gasteiger partial charge < -0.3 is 19.5 Å². The molecule has 0 bridgehead atoms. The number of carbonyl (C=O) groups is 1. The average molecular weight is 418 g/mol. The molecule has 1 aromatic carbocycles. The van der Waals surface area contributed by atoms with Gasteiger partial charge in [0.2, 0.25) is 0 Å². The highest BCUT2D eigenvalue weighted by atomic mass is 16.5. The molecule has 4 rings (SSSR count). The van der Waals surface area contributed by atoms with Gasteiger partial charge >= 0.3 is 5.97 Å². The van der Waals surface area contributed by atoms with Crippen LogP contribution in [-0.4, -0.2) is 47.9 Å². The second kappa shape index (κ2) is 7.75. The molecule has 2 heterocycles. The molecule has 3 aliphatic rings. The molecule has 2 atom stereocenters. The SMILES string of the molecule is CCOC1(C)C=C2CCN3C(=C2C=C1OC)C(C#N)=C(c1ccc(C(=O)O)cc1)C3C. The van der Waals surface area contributed by atoms with Crippen molar-refractivity contribution in [3.05, 3.63) is 75.7 Å². The van der Waals surface area contributed by atoms with E-state index < -0.39 is 11.6 Å². The Hall–Kier alpha value is -3.30. The first kappa shape index (κ1) is 21.0. The van der Waals surface area contributed by atoms with Crippen LogP contribution >= 0.6 is 0 Å². The molecule has 2 unspecified atom stereocenters. The molecule has 0 amide bonds. The molecule has 0 saturated carbocycles. The number of hydrogen-bond acceptors (Lipinski definition) is 5. The summed E-state index contributed by atoms with van der Waals surface area (Å²) in [5, 5.41) is 19.3. The van der Waals surface area contributed by atoms with E-state index in [1.54, 1.807) is 31.4 Å². The summed E-state index contributed by atoms with van der Waals surface area (Å²) >= 11 is 0. The minimum Gasteiger partial charge on any atom is -0.498 e. The van der Waals surface area contributed by atoms with E-state index in [9.17, 15) is 15.2 Å². The molecule has 1 N–H and O–H groups in total. The van der Waals surface area contributed by atoms with Gasteiger partial charge in [-0.2, -0.15) is 5.26 Å². The molecule has 1 aromatic rings. The van der Waals surface area contributed by atoms with Crippen LogP contribution in [0.15, 0.2) is 64.6 Å². The van der Waals surface area contributed by atoms with E-state index in [-0.39, 0.29) is 11.6 Å². The van der Waals surface area contributed by atoms with Gasteiger partial charge in [0.05, 0.1) is 30.0 Å². The first-order valence-corrected chi connectivity index (χ1v) is 10.5. The number of ether oxygens (including phenoxy) is 2. The summed E-state index contributed by atoms with van der Waals surface area (Å²) in [6, 6.07) is 9.19. The van der Waals surface area contributed by atoms with Crippen LogP contribution in [0.3, 0.4) is 0 Å². The number of allylic oxidation sites excluding steroid dienone is 3. The zero-order chi connectivity index (χ0) is 22.3. The minimum absolute atomic E-state index is 0.00831. The Morgan fingerprint density at radius 1 is 1.35 bits per heavy atom. The van der Waals surface area contributed by atoms with Crippen LogP contribution in [0.5, 0.6) is 0 Å². The zero-order valence-electron chi connectivity index (χ0n) is 18.2. The number of hydrogen-bond donors (Lipinski definition) is 1. The lowest BCUT2D eigenvalue weighted by Crippen LogP contribution is -2.37. The number of carboxylic acid groups (broad SMARTS) is 1. The Morgan fingerprint density at radius 3 is 2.65 bits per heavy atom. The van der Waals surface area contributed by atoms with Gasteiger partial charge in [-0.1, -0.05) is 12.1 Å². The summed E-state index contributed by atoms with van der Waals surface area (Å²) in [4.78, 5) is 13.5. The van der Waals surface area contributed by atoms with Crippen molar-refractivity contribution in [2.75, 3.05) is 20.3 Å². The average Bonchev–Trinajstić information content (AvgIpc) is 3.05. The molecule has 0 aromatic heterocycles. The largest absolute Gasteiger partial charge is 0.498 e. The Bertz CT molecular complexity index is 1100. The first-order valence-electron chi connectivity index (χ1n) is 10.5. The molecule has 6 nitrogen and oxygen atoms in total. The van der Waals surface area contributed by atoms with Gasteiger partial charge in [-0.15, -0.1) is 0 Å². The molecular formula is C25H26N2O4. The van der Waals surface area contributed by atoms with Gasteiger partial charge in [0.15, 0.2) is 0 Å². The van der Waals surface area contributed by atoms with Crippen LogP contribution in [-0.2, 0) is 9.47 Å². The topological polar surface area (TPSA) is 82.8 Å². The summed E-state index contributed by atoms with van der Waals surface area (Å²) < 4.78 is 11.7. The van der Waals surface area contributed by atoms with Gasteiger partial charge in [-0.05, 0) is 62.6 Å². The monoisotopic (exact) mass is 418 g/mol. The van der Waals surface area contributed by atoms with Crippen molar-refractivity contribution < 1.29 is 19.4 Å². The van der Waals surface area contributed by atoms with Crippen LogP contribution in [0.25, 0.3) is 5.57 Å². The van der Waals surface area contributed by atoms with Crippen molar-refractivity contribution in [3.8, 4) is 6.07 Å². The Balaban J connectivity index is 1.88. The van der Waals surface area contributed by atoms with Crippen LogP contribution < -0.4 is 0 Å². The summed E-state index contributed by atoms with van der Waals surface area (Å²) in [5.41, 5.74) is 5.10. The molecule has 6 heteroatoms. The van der Waals surface area contributed by atoms with Crippen molar-refractivity contribution >= 4 is 11.5 Å². The van der Waals surface area contributed by atoms with Crippen LogP contribution in [0.1, 0.15) is 43.1 Å². The highest BCUT2D eigenvalue weighted by Gasteiger charge is 2.42. The van der Waals surface area contributed by atoms with Gasteiger partial charge in [-0.3, -0.25) is 0 Å². The van der Waals surface area contributed by atoms with E-state index in [0.717, 1.165) is 40.9 Å². The fraction of sp³-hybridized carbons (Fsp3) is 0.360. The molecule has 31 heavy (non-hydrogen) atoms. The quantitative estimate of drug-likeness (QED) is 0.768. The number of nitrogens with zero attached hydrogens (tertiary/aromatic N) is 2.